The lowest BCUT2D eigenvalue weighted by Crippen LogP contribution is -2.29. The first-order valence-corrected chi connectivity index (χ1v) is 7.16. The first-order valence-electron chi connectivity index (χ1n) is 7.28. The van der Waals surface area contributed by atoms with Crippen LogP contribution < -0.4 is 10.6 Å². The van der Waals surface area contributed by atoms with Gasteiger partial charge in [0.2, 0.25) is 0 Å². The molecule has 1 unspecified atom stereocenters. The summed E-state index contributed by atoms with van der Waals surface area (Å²) in [4.78, 5) is 9.11. The summed E-state index contributed by atoms with van der Waals surface area (Å²) in [5.74, 6) is -2.50. The Morgan fingerprint density at radius 3 is 2.47 bits per heavy atom. The monoisotopic (exact) mass is 364 g/mol. The molecule has 0 amide bonds. The minimum Gasteiger partial charge on any atom is -0.315 e. The molecule has 0 aliphatic rings. The van der Waals surface area contributed by atoms with E-state index in [1.165, 1.54) is 0 Å². The van der Waals surface area contributed by atoms with E-state index in [1.807, 2.05) is 0 Å². The second-order valence-corrected chi connectivity index (χ2v) is 4.61. The molecule has 0 spiro atoms. The summed E-state index contributed by atoms with van der Waals surface area (Å²) in [7, 11) is -3.94. The Hall–Kier alpha value is 0.900. The molecule has 0 radical (unpaired) electrons. The summed E-state index contributed by atoms with van der Waals surface area (Å²) in [6.45, 7) is 0.451. The van der Waals surface area contributed by atoms with E-state index in [1.54, 1.807) is 6.92 Å². The number of phosphoric ester groups is 1. The van der Waals surface area contributed by atoms with Crippen molar-refractivity contribution >= 4 is 44.2 Å². The number of nitrogens with one attached hydrogen (secondary N) is 2. The molecule has 0 heterocycles. The summed E-state index contributed by atoms with van der Waals surface area (Å²) in [6.07, 6.45) is 0.473. The minimum absolute atomic E-state index is 0. The van der Waals surface area contributed by atoms with Gasteiger partial charge in [-0.2, -0.15) is 0 Å². The van der Waals surface area contributed by atoms with E-state index in [-0.39, 0.29) is 44.6 Å². The quantitative estimate of drug-likeness (QED) is 0.278. The van der Waals surface area contributed by atoms with E-state index >= 15 is 0 Å². The lowest BCUT2D eigenvalue weighted by molar-refractivity contribution is 0.154. The smallest absolute Gasteiger partial charge is 0.315 e. The van der Waals surface area contributed by atoms with Gasteiger partial charge in [-0.25, -0.2) is 4.57 Å². The molecular formula is C9H24Cl3N2O4P. The van der Waals surface area contributed by atoms with Crippen molar-refractivity contribution < 1.29 is 24.0 Å². The molecule has 1 atom stereocenters. The minimum atomic E-state index is -3.94. The van der Waals surface area contributed by atoms with Gasteiger partial charge in [0, 0.05) is 30.9 Å². The molecule has 19 heavy (non-hydrogen) atoms. The first kappa shape index (κ1) is 16.3. The van der Waals surface area contributed by atoms with Gasteiger partial charge in [0.05, 0.1) is 13.2 Å². The average Bonchev–Trinajstić information content (AvgIpc) is 2.30. The first-order chi connectivity index (χ1) is 9.52. The molecule has 0 aromatic heterocycles. The van der Waals surface area contributed by atoms with Crippen LogP contribution in [0.15, 0.2) is 0 Å². The maximum absolute atomic E-state index is 11.1. The van der Waals surface area contributed by atoms with Gasteiger partial charge in [0.25, 0.3) is 0 Å². The highest BCUT2D eigenvalue weighted by Crippen LogP contribution is 2.42. The van der Waals surface area contributed by atoms with Gasteiger partial charge in [-0.3, -0.25) is 9.05 Å². The normalized spacial score (nSPS) is 17.8. The van der Waals surface area contributed by atoms with Crippen molar-refractivity contribution in [1.82, 2.24) is 10.6 Å². The van der Waals surface area contributed by atoms with E-state index in [2.05, 4.69) is 19.7 Å². The van der Waals surface area contributed by atoms with Crippen LogP contribution in [0.1, 0.15) is 18.8 Å². The number of phosphoric acid groups is 1. The highest BCUT2D eigenvalue weighted by molar-refractivity contribution is 7.47. The van der Waals surface area contributed by atoms with Crippen LogP contribution in [-0.4, -0.2) is 50.1 Å². The second-order valence-electron chi connectivity index (χ2n) is 2.97. The Kier molecular flexibility index (Phi) is 14.5. The maximum Gasteiger partial charge on any atom is 0.472 e. The molecule has 120 valence electrons. The van der Waals surface area contributed by atoms with Crippen molar-refractivity contribution in [2.75, 3.05) is 45.2 Å². The van der Waals surface area contributed by atoms with Gasteiger partial charge in [0.1, 0.15) is 0 Å². The second kappa shape index (κ2) is 17.0. The van der Waals surface area contributed by atoms with Crippen molar-refractivity contribution in [2.24, 2.45) is 0 Å². The molecule has 0 aromatic rings. The Balaban J connectivity index is -0.00000200. The molecule has 0 bridgehead atoms. The molecule has 0 rings (SSSR count). The molecule has 6 nitrogen and oxygen atoms in total. The zero-order chi connectivity index (χ0) is 16.6. The van der Waals surface area contributed by atoms with Crippen LogP contribution in [0.5, 0.6) is 0 Å². The van der Waals surface area contributed by atoms with Crippen molar-refractivity contribution in [2.45, 2.75) is 13.3 Å². The number of halogens is 3. The standard InChI is InChI=1S/C9H22ClN2O4P.2ClH/c1-2-15-17(13,14)16-9-3-5-11-7-8-12-6-4-10;;/h11-12H,2-9H2,1H3,(H,13,14);2*1H/i4D2,6D2;;. The van der Waals surface area contributed by atoms with Crippen LogP contribution in [0.3, 0.4) is 0 Å². The van der Waals surface area contributed by atoms with E-state index in [4.69, 9.17) is 22.0 Å². The van der Waals surface area contributed by atoms with Gasteiger partial charge in [0.15, 0.2) is 0 Å². The number of hydrogen-bond donors (Lipinski definition) is 3. The zero-order valence-electron chi connectivity index (χ0n) is 14.6. The van der Waals surface area contributed by atoms with E-state index in [0.717, 1.165) is 0 Å². The Labute approximate surface area is 138 Å². The van der Waals surface area contributed by atoms with Gasteiger partial charge in [-0.1, -0.05) is 0 Å². The maximum atomic E-state index is 11.1. The predicted molar refractivity (Wildman–Crippen MR) is 83.0 cm³/mol. The molecule has 0 fully saturated rings. The zero-order valence-corrected chi connectivity index (χ0v) is 13.8. The van der Waals surface area contributed by atoms with Gasteiger partial charge < -0.3 is 15.5 Å². The molecule has 3 N–H and O–H groups in total. The SMILES string of the molecule is Cl.Cl.[2H]C([2H])(Cl)C([2H])([2H])NCCNCCCOP(=O)(O)OCC. The highest BCUT2D eigenvalue weighted by Gasteiger charge is 2.18. The summed E-state index contributed by atoms with van der Waals surface area (Å²) in [5.41, 5.74) is 0. The largest absolute Gasteiger partial charge is 0.472 e. The van der Waals surface area contributed by atoms with Gasteiger partial charge >= 0.3 is 7.82 Å². The third kappa shape index (κ3) is 18.9. The number of hydrogen-bond acceptors (Lipinski definition) is 5. The van der Waals surface area contributed by atoms with Crippen LogP contribution in [-0.2, 0) is 13.6 Å². The van der Waals surface area contributed by atoms with Crippen LogP contribution >= 0.6 is 44.2 Å². The highest BCUT2D eigenvalue weighted by atomic mass is 35.5. The molecule has 0 saturated carbocycles. The fourth-order valence-corrected chi connectivity index (χ4v) is 1.78. The third-order valence-electron chi connectivity index (χ3n) is 1.61. The lowest BCUT2D eigenvalue weighted by Gasteiger charge is -2.10. The molecule has 0 aliphatic carbocycles. The Morgan fingerprint density at radius 2 is 1.89 bits per heavy atom. The van der Waals surface area contributed by atoms with Gasteiger partial charge in [-0.05, 0) is 19.9 Å². The summed E-state index contributed by atoms with van der Waals surface area (Å²) >= 11 is 5.27. The summed E-state index contributed by atoms with van der Waals surface area (Å²) in [5, 5.41) is 5.30. The fourth-order valence-electron chi connectivity index (χ4n) is 0.949. The Morgan fingerprint density at radius 1 is 1.26 bits per heavy atom. The predicted octanol–water partition coefficient (Wildman–Crippen LogP) is 1.79. The number of rotatable bonds is 12. The summed E-state index contributed by atoms with van der Waals surface area (Å²) in [6, 6.07) is 0. The summed E-state index contributed by atoms with van der Waals surface area (Å²) < 4.78 is 49.2. The lowest BCUT2D eigenvalue weighted by atomic mass is 10.4. The molecule has 0 aliphatic heterocycles. The van der Waals surface area contributed by atoms with Gasteiger partial charge in [-0.15, -0.1) is 36.4 Å². The van der Waals surface area contributed by atoms with Crippen LogP contribution in [0.2, 0.25) is 0 Å². The van der Waals surface area contributed by atoms with E-state index < -0.39 is 20.2 Å². The molecule has 10 heteroatoms. The average molecular weight is 366 g/mol. The van der Waals surface area contributed by atoms with E-state index in [9.17, 15) is 4.57 Å². The third-order valence-corrected chi connectivity index (χ3v) is 2.79. The molecule has 0 aromatic carbocycles. The topological polar surface area (TPSA) is 79.8 Å². The molecule has 0 saturated heterocycles. The van der Waals surface area contributed by atoms with Crippen LogP contribution in [0, 0.1) is 0 Å². The van der Waals surface area contributed by atoms with Crippen molar-refractivity contribution in [3.63, 3.8) is 0 Å². The molecular weight excluding hydrogens is 337 g/mol. The van der Waals surface area contributed by atoms with E-state index in [0.29, 0.717) is 19.5 Å². The Bertz CT molecular complexity index is 353. The van der Waals surface area contributed by atoms with Crippen LogP contribution in [0.25, 0.3) is 0 Å². The van der Waals surface area contributed by atoms with Crippen molar-refractivity contribution in [3.8, 4) is 0 Å². The van der Waals surface area contributed by atoms with Crippen LogP contribution in [0.4, 0.5) is 0 Å². The fraction of sp³-hybridized carbons (Fsp3) is 1.00. The van der Waals surface area contributed by atoms with Crippen molar-refractivity contribution in [3.05, 3.63) is 0 Å². The van der Waals surface area contributed by atoms with Crippen molar-refractivity contribution in [1.29, 1.82) is 0 Å². The number of alkyl halides is 1.